The van der Waals surface area contributed by atoms with E-state index in [0.717, 1.165) is 0 Å². The SMILES string of the molecule is c1ccc2c(c1)c1cccc3ccc4cccc2c4c31.c1ccc2sccc2c1. The van der Waals surface area contributed by atoms with Crippen molar-refractivity contribution in [2.45, 2.75) is 0 Å². The van der Waals surface area contributed by atoms with E-state index in [2.05, 4.69) is 109 Å². The second-order valence-corrected chi connectivity index (χ2v) is 8.32. The molecule has 0 saturated carbocycles. The average Bonchev–Trinajstić information content (AvgIpc) is 3.27. The summed E-state index contributed by atoms with van der Waals surface area (Å²) in [7, 11) is 0. The first-order chi connectivity index (χ1) is 14.4. The highest BCUT2D eigenvalue weighted by Gasteiger charge is 2.11. The lowest BCUT2D eigenvalue weighted by atomic mass is 9.89. The van der Waals surface area contributed by atoms with E-state index in [9.17, 15) is 0 Å². The Morgan fingerprint density at radius 3 is 1.52 bits per heavy atom. The molecule has 0 N–H and O–H groups in total. The smallest absolute Gasteiger partial charge is 0.0342 e. The first-order valence-corrected chi connectivity index (χ1v) is 10.7. The van der Waals surface area contributed by atoms with Crippen LogP contribution < -0.4 is 0 Å². The molecule has 0 spiro atoms. The van der Waals surface area contributed by atoms with E-state index in [1.54, 1.807) is 11.3 Å². The van der Waals surface area contributed by atoms with Crippen molar-refractivity contribution in [3.63, 3.8) is 0 Å². The van der Waals surface area contributed by atoms with Crippen LogP contribution in [0.1, 0.15) is 0 Å². The lowest BCUT2D eigenvalue weighted by Crippen LogP contribution is -1.86. The normalized spacial score (nSPS) is 11.4. The second-order valence-electron chi connectivity index (χ2n) is 7.38. The number of hydrogen-bond acceptors (Lipinski definition) is 1. The van der Waals surface area contributed by atoms with Crippen LogP contribution in [0.2, 0.25) is 0 Å². The van der Waals surface area contributed by atoms with Gasteiger partial charge in [-0.1, -0.05) is 91.0 Å². The summed E-state index contributed by atoms with van der Waals surface area (Å²) < 4.78 is 1.37. The number of hydrogen-bond donors (Lipinski definition) is 0. The maximum atomic E-state index is 2.25. The molecule has 29 heavy (non-hydrogen) atoms. The first-order valence-electron chi connectivity index (χ1n) is 9.87. The van der Waals surface area contributed by atoms with Gasteiger partial charge in [-0.25, -0.2) is 0 Å². The van der Waals surface area contributed by atoms with Gasteiger partial charge in [-0.3, -0.25) is 0 Å². The van der Waals surface area contributed by atoms with Crippen LogP contribution in [0, 0.1) is 0 Å². The van der Waals surface area contributed by atoms with Gasteiger partial charge >= 0.3 is 0 Å². The molecule has 1 aromatic heterocycles. The van der Waals surface area contributed by atoms with Gasteiger partial charge in [0.1, 0.15) is 0 Å². The van der Waals surface area contributed by atoms with Crippen molar-refractivity contribution in [3.05, 3.63) is 109 Å². The lowest BCUT2D eigenvalue weighted by molar-refractivity contribution is 1.78. The van der Waals surface area contributed by atoms with E-state index >= 15 is 0 Å². The summed E-state index contributed by atoms with van der Waals surface area (Å²) in [6.45, 7) is 0. The summed E-state index contributed by atoms with van der Waals surface area (Å²) in [6, 6.07) is 37.0. The molecule has 0 unspecified atom stereocenters. The van der Waals surface area contributed by atoms with E-state index in [1.165, 1.54) is 53.2 Å². The van der Waals surface area contributed by atoms with Gasteiger partial charge in [0.25, 0.3) is 0 Å². The van der Waals surface area contributed by atoms with Gasteiger partial charge in [0.05, 0.1) is 0 Å². The number of benzene rings is 6. The van der Waals surface area contributed by atoms with Gasteiger partial charge in [0, 0.05) is 4.70 Å². The summed E-state index contributed by atoms with van der Waals surface area (Å²) in [5.74, 6) is 0. The zero-order chi connectivity index (χ0) is 19.2. The minimum absolute atomic E-state index is 1.33. The molecule has 0 radical (unpaired) electrons. The summed E-state index contributed by atoms with van der Waals surface area (Å²) in [5.41, 5.74) is 0. The fourth-order valence-electron chi connectivity index (χ4n) is 4.46. The minimum Gasteiger partial charge on any atom is -0.144 e. The Labute approximate surface area is 173 Å². The van der Waals surface area contributed by atoms with E-state index < -0.39 is 0 Å². The van der Waals surface area contributed by atoms with Gasteiger partial charge < -0.3 is 0 Å². The van der Waals surface area contributed by atoms with Crippen LogP contribution in [0.4, 0.5) is 0 Å². The zero-order valence-electron chi connectivity index (χ0n) is 15.8. The molecule has 0 saturated heterocycles. The van der Waals surface area contributed by atoms with Crippen LogP contribution in [0.15, 0.2) is 109 Å². The zero-order valence-corrected chi connectivity index (χ0v) is 16.6. The molecule has 1 heterocycles. The van der Waals surface area contributed by atoms with E-state index in [4.69, 9.17) is 0 Å². The van der Waals surface area contributed by atoms with Crippen molar-refractivity contribution < 1.29 is 0 Å². The molecule has 0 fully saturated rings. The average molecular weight is 387 g/mol. The highest BCUT2D eigenvalue weighted by atomic mass is 32.1. The lowest BCUT2D eigenvalue weighted by Gasteiger charge is -2.14. The molecule has 0 aliphatic carbocycles. The molecule has 7 rings (SSSR count). The van der Waals surface area contributed by atoms with Crippen molar-refractivity contribution in [2.24, 2.45) is 0 Å². The highest BCUT2D eigenvalue weighted by Crippen LogP contribution is 2.40. The van der Waals surface area contributed by atoms with E-state index in [1.807, 2.05) is 0 Å². The first kappa shape index (κ1) is 16.5. The van der Waals surface area contributed by atoms with Gasteiger partial charge in [0.15, 0.2) is 0 Å². The number of rotatable bonds is 0. The van der Waals surface area contributed by atoms with Crippen LogP contribution in [0.25, 0.3) is 53.2 Å². The molecule has 0 aliphatic rings. The maximum absolute atomic E-state index is 2.25. The molecule has 0 atom stereocenters. The standard InChI is InChI=1S/C20H12.C8H6S/c1-2-8-16-15(7-1)17-9-3-5-13-11-12-14-6-4-10-18(16)20(14)19(13)17;1-2-4-8-7(3-1)5-6-9-8/h1-12H;1-6H. The minimum atomic E-state index is 1.33. The largest absolute Gasteiger partial charge is 0.144 e. The summed E-state index contributed by atoms with van der Waals surface area (Å²) >= 11 is 1.79. The van der Waals surface area contributed by atoms with E-state index in [0.29, 0.717) is 0 Å². The molecular formula is C28H18S. The predicted octanol–water partition coefficient (Wildman–Crippen LogP) is 8.64. The van der Waals surface area contributed by atoms with Crippen LogP contribution in [-0.2, 0) is 0 Å². The Hall–Kier alpha value is -3.42. The summed E-state index contributed by atoms with van der Waals surface area (Å²) in [6.07, 6.45) is 0. The van der Waals surface area contributed by atoms with Crippen molar-refractivity contribution in [1.82, 2.24) is 0 Å². The fourth-order valence-corrected chi connectivity index (χ4v) is 5.25. The molecule has 0 nitrogen and oxygen atoms in total. The Balaban J connectivity index is 0.000000154. The molecule has 1 heteroatoms. The van der Waals surface area contributed by atoms with Crippen molar-refractivity contribution in [1.29, 1.82) is 0 Å². The Morgan fingerprint density at radius 2 is 0.897 bits per heavy atom. The number of fused-ring (bicyclic) bond motifs is 4. The van der Waals surface area contributed by atoms with Crippen LogP contribution in [0.5, 0.6) is 0 Å². The van der Waals surface area contributed by atoms with Crippen LogP contribution >= 0.6 is 11.3 Å². The van der Waals surface area contributed by atoms with Crippen LogP contribution in [-0.4, -0.2) is 0 Å². The number of thiophene rings is 1. The third kappa shape index (κ3) is 2.59. The van der Waals surface area contributed by atoms with Crippen molar-refractivity contribution in [2.75, 3.05) is 0 Å². The molecule has 136 valence electrons. The van der Waals surface area contributed by atoms with Gasteiger partial charge in [-0.15, -0.1) is 11.3 Å². The summed E-state index contributed by atoms with van der Waals surface area (Å²) in [4.78, 5) is 0. The van der Waals surface area contributed by atoms with Crippen molar-refractivity contribution in [3.8, 4) is 0 Å². The molecule has 0 bridgehead atoms. The Morgan fingerprint density at radius 1 is 0.379 bits per heavy atom. The molecule has 0 aliphatic heterocycles. The predicted molar refractivity (Wildman–Crippen MR) is 129 cm³/mol. The van der Waals surface area contributed by atoms with Gasteiger partial charge in [0.2, 0.25) is 0 Å². The second kappa shape index (κ2) is 6.58. The fraction of sp³-hybridized carbons (Fsp3) is 0. The van der Waals surface area contributed by atoms with E-state index in [-0.39, 0.29) is 0 Å². The van der Waals surface area contributed by atoms with Gasteiger partial charge in [-0.2, -0.15) is 0 Å². The molecule has 0 amide bonds. The maximum Gasteiger partial charge on any atom is 0.0342 e. The molecule has 7 aromatic rings. The van der Waals surface area contributed by atoms with Gasteiger partial charge in [-0.05, 0) is 66.0 Å². The Bertz CT molecular complexity index is 1480. The monoisotopic (exact) mass is 386 g/mol. The molecular weight excluding hydrogens is 368 g/mol. The third-order valence-corrected chi connectivity index (χ3v) is 6.65. The van der Waals surface area contributed by atoms with Crippen molar-refractivity contribution >= 4 is 64.5 Å². The Kier molecular flexibility index (Phi) is 3.75. The highest BCUT2D eigenvalue weighted by molar-refractivity contribution is 7.17. The third-order valence-electron chi connectivity index (χ3n) is 5.75. The summed E-state index contributed by atoms with van der Waals surface area (Å²) in [5, 5.41) is 14.4. The quantitative estimate of drug-likeness (QED) is 0.181. The molecule has 6 aromatic carbocycles. The topological polar surface area (TPSA) is 0 Å². The van der Waals surface area contributed by atoms with Crippen LogP contribution in [0.3, 0.4) is 0 Å².